The molecule has 96 valence electrons. The molecule has 3 unspecified atom stereocenters. The van der Waals surface area contributed by atoms with Gasteiger partial charge in [-0.25, -0.2) is 4.79 Å². The van der Waals surface area contributed by atoms with Gasteiger partial charge in [-0.05, 0) is 25.7 Å². The van der Waals surface area contributed by atoms with Gasteiger partial charge in [-0.15, -0.1) is 0 Å². The maximum absolute atomic E-state index is 11.3. The molecule has 0 spiro atoms. The topological polar surface area (TPSA) is 50.7 Å². The lowest BCUT2D eigenvalue weighted by Crippen LogP contribution is -2.41. The number of fused-ring (bicyclic) bond motifs is 1. The van der Waals surface area contributed by atoms with Crippen molar-refractivity contribution in [1.29, 1.82) is 0 Å². The summed E-state index contributed by atoms with van der Waals surface area (Å²) in [5.74, 6) is 1.64. The summed E-state index contributed by atoms with van der Waals surface area (Å²) in [5.41, 5.74) is 0. The van der Waals surface area contributed by atoms with Gasteiger partial charge in [0.1, 0.15) is 6.04 Å². The second-order valence-electron chi connectivity index (χ2n) is 4.75. The molecule has 0 bridgehead atoms. The Morgan fingerprint density at radius 3 is 3.06 bits per heavy atom. The van der Waals surface area contributed by atoms with E-state index in [0.29, 0.717) is 6.04 Å². The number of carbonyl (C=O) groups is 1. The van der Waals surface area contributed by atoms with Crippen LogP contribution in [0.1, 0.15) is 32.6 Å². The molecule has 1 heterocycles. The molecule has 1 N–H and O–H groups in total. The molecule has 0 aromatic heterocycles. The summed E-state index contributed by atoms with van der Waals surface area (Å²) >= 11 is 1.74. The average Bonchev–Trinajstić information content (AvgIpc) is 2.37. The molecule has 0 radical (unpaired) electrons. The minimum Gasteiger partial charge on any atom is -0.467 e. The van der Waals surface area contributed by atoms with Crippen molar-refractivity contribution in [2.45, 2.75) is 44.7 Å². The largest absolute Gasteiger partial charge is 0.467 e. The first-order valence-corrected chi connectivity index (χ1v) is 7.24. The van der Waals surface area contributed by atoms with Crippen LogP contribution in [-0.2, 0) is 9.53 Å². The smallest absolute Gasteiger partial charge is 0.328 e. The van der Waals surface area contributed by atoms with E-state index in [2.05, 4.69) is 5.32 Å². The normalized spacial score (nSPS) is 29.9. The Morgan fingerprint density at radius 1 is 1.53 bits per heavy atom. The molecule has 5 heteroatoms. The third-order valence-electron chi connectivity index (χ3n) is 3.48. The first-order chi connectivity index (χ1) is 8.20. The minimum atomic E-state index is -0.314. The van der Waals surface area contributed by atoms with Gasteiger partial charge >= 0.3 is 5.97 Å². The second-order valence-corrected chi connectivity index (χ2v) is 5.76. The van der Waals surface area contributed by atoms with Crippen molar-refractivity contribution in [3.05, 3.63) is 0 Å². The van der Waals surface area contributed by atoms with Gasteiger partial charge in [0.05, 0.1) is 13.2 Å². The fourth-order valence-corrected chi connectivity index (χ4v) is 3.66. The zero-order valence-corrected chi connectivity index (χ0v) is 11.3. The van der Waals surface area contributed by atoms with Crippen molar-refractivity contribution in [3.8, 4) is 0 Å². The third-order valence-corrected chi connectivity index (χ3v) is 4.57. The summed E-state index contributed by atoms with van der Waals surface area (Å²) in [6, 6.07) is 0.156. The Balaban J connectivity index is 1.93. The van der Waals surface area contributed by atoms with Crippen LogP contribution < -0.4 is 5.32 Å². The van der Waals surface area contributed by atoms with Gasteiger partial charge in [0.15, 0.2) is 5.17 Å². The van der Waals surface area contributed by atoms with Gasteiger partial charge in [0, 0.05) is 5.75 Å². The van der Waals surface area contributed by atoms with Gasteiger partial charge in [0.2, 0.25) is 0 Å². The number of rotatable bonds is 2. The molecule has 0 aromatic carbocycles. The highest BCUT2D eigenvalue weighted by molar-refractivity contribution is 8.13. The van der Waals surface area contributed by atoms with Crippen molar-refractivity contribution >= 4 is 22.9 Å². The van der Waals surface area contributed by atoms with Crippen LogP contribution in [0.2, 0.25) is 0 Å². The maximum Gasteiger partial charge on any atom is 0.328 e. The number of carbonyl (C=O) groups excluding carboxylic acids is 1. The van der Waals surface area contributed by atoms with Gasteiger partial charge in [-0.1, -0.05) is 24.6 Å². The van der Waals surface area contributed by atoms with Crippen molar-refractivity contribution < 1.29 is 9.53 Å². The van der Waals surface area contributed by atoms with Crippen LogP contribution in [0.15, 0.2) is 4.99 Å². The standard InChI is InChI=1S/C12H20N2O2S/c1-8(11(15)16-2)13-12-14-10-6-4-3-5-9(10)7-17-12/h8-10H,3-7H2,1-2H3,(H,13,14). The lowest BCUT2D eigenvalue weighted by molar-refractivity contribution is -0.142. The third kappa shape index (κ3) is 3.15. The van der Waals surface area contributed by atoms with Crippen molar-refractivity contribution in [1.82, 2.24) is 5.32 Å². The zero-order valence-electron chi connectivity index (χ0n) is 10.4. The molecule has 0 aromatic rings. The Kier molecular flexibility index (Phi) is 4.31. The van der Waals surface area contributed by atoms with Gasteiger partial charge < -0.3 is 10.1 Å². The Hall–Kier alpha value is -0.710. The predicted octanol–water partition coefficient (Wildman–Crippen LogP) is 1.80. The van der Waals surface area contributed by atoms with E-state index in [1.54, 1.807) is 11.8 Å². The summed E-state index contributed by atoms with van der Waals surface area (Å²) in [5, 5.41) is 4.05. The number of esters is 1. The van der Waals surface area contributed by atoms with Gasteiger partial charge in [-0.2, -0.15) is 0 Å². The number of ether oxygens (including phenoxy) is 1. The molecule has 0 saturated heterocycles. The van der Waals surface area contributed by atoms with Crippen molar-refractivity contribution in [3.63, 3.8) is 0 Å². The first-order valence-electron chi connectivity index (χ1n) is 6.25. The molecule has 3 atom stereocenters. The highest BCUT2D eigenvalue weighted by Crippen LogP contribution is 2.33. The summed E-state index contributed by atoms with van der Waals surface area (Å²) in [4.78, 5) is 16.0. The lowest BCUT2D eigenvalue weighted by Gasteiger charge is -2.33. The number of nitrogens with zero attached hydrogens (tertiary/aromatic N) is 1. The summed E-state index contributed by atoms with van der Waals surface area (Å²) in [6.45, 7) is 1.81. The fraction of sp³-hybridized carbons (Fsp3) is 0.833. The molecule has 4 nitrogen and oxygen atoms in total. The van der Waals surface area contributed by atoms with E-state index in [1.165, 1.54) is 32.8 Å². The summed E-state index contributed by atoms with van der Waals surface area (Å²) < 4.78 is 4.69. The highest BCUT2D eigenvalue weighted by Gasteiger charge is 2.29. The van der Waals surface area contributed by atoms with Crippen LogP contribution in [-0.4, -0.2) is 36.1 Å². The molecule has 0 amide bonds. The highest BCUT2D eigenvalue weighted by atomic mass is 32.2. The van der Waals surface area contributed by atoms with E-state index in [4.69, 9.17) is 9.73 Å². The molecule has 2 rings (SSSR count). The van der Waals surface area contributed by atoms with Crippen LogP contribution in [0.4, 0.5) is 0 Å². The van der Waals surface area contributed by atoms with E-state index in [-0.39, 0.29) is 12.0 Å². The molecular weight excluding hydrogens is 236 g/mol. The monoisotopic (exact) mass is 256 g/mol. The molecule has 1 aliphatic carbocycles. The van der Waals surface area contributed by atoms with Crippen molar-refractivity contribution in [2.24, 2.45) is 10.9 Å². The van der Waals surface area contributed by atoms with Crippen LogP contribution in [0.5, 0.6) is 0 Å². The summed E-state index contributed by atoms with van der Waals surface area (Å²) in [6.07, 6.45) is 5.14. The Labute approximate surface area is 107 Å². The molecule has 1 saturated carbocycles. The van der Waals surface area contributed by atoms with E-state index >= 15 is 0 Å². The fourth-order valence-electron chi connectivity index (χ4n) is 2.43. The number of hydrogen-bond donors (Lipinski definition) is 1. The maximum atomic E-state index is 11.3. The van der Waals surface area contributed by atoms with Crippen LogP contribution in [0, 0.1) is 5.92 Å². The quantitative estimate of drug-likeness (QED) is 0.765. The minimum absolute atomic E-state index is 0.237. The number of thioether (sulfide) groups is 1. The Bertz CT molecular complexity index is 320. The molecular formula is C12H20N2O2S. The number of nitrogens with one attached hydrogen (secondary N) is 1. The van der Waals surface area contributed by atoms with Crippen LogP contribution in [0.25, 0.3) is 0 Å². The lowest BCUT2D eigenvalue weighted by atomic mass is 9.86. The van der Waals surface area contributed by atoms with E-state index in [9.17, 15) is 4.79 Å². The average molecular weight is 256 g/mol. The van der Waals surface area contributed by atoms with Crippen molar-refractivity contribution in [2.75, 3.05) is 12.9 Å². The van der Waals surface area contributed by atoms with E-state index < -0.39 is 0 Å². The summed E-state index contributed by atoms with van der Waals surface area (Å²) in [7, 11) is 1.41. The number of aliphatic imine (C=N–C) groups is 1. The second kappa shape index (κ2) is 5.76. The number of amidine groups is 1. The SMILES string of the molecule is COC(=O)C(C)NC1=NC2CCCCC2CS1. The molecule has 17 heavy (non-hydrogen) atoms. The van der Waals surface area contributed by atoms with Gasteiger partial charge in [0.25, 0.3) is 0 Å². The molecule has 1 aliphatic heterocycles. The first kappa shape index (κ1) is 12.7. The molecule has 1 fully saturated rings. The van der Waals surface area contributed by atoms with Crippen LogP contribution >= 0.6 is 11.8 Å². The van der Waals surface area contributed by atoms with E-state index in [0.717, 1.165) is 16.8 Å². The zero-order chi connectivity index (χ0) is 12.3. The van der Waals surface area contributed by atoms with E-state index in [1.807, 2.05) is 6.92 Å². The number of methoxy groups -OCH3 is 1. The number of hydrogen-bond acceptors (Lipinski definition) is 5. The van der Waals surface area contributed by atoms with Gasteiger partial charge in [-0.3, -0.25) is 4.99 Å². The Morgan fingerprint density at radius 2 is 2.29 bits per heavy atom. The van der Waals surface area contributed by atoms with Crippen LogP contribution in [0.3, 0.4) is 0 Å². The predicted molar refractivity (Wildman–Crippen MR) is 70.3 cm³/mol. The molecule has 2 aliphatic rings.